The molecule has 0 atom stereocenters. The third-order valence-corrected chi connectivity index (χ3v) is 2.80. The molecule has 1 heterocycles. The van der Waals surface area contributed by atoms with Crippen molar-refractivity contribution in [2.24, 2.45) is 5.73 Å². The second-order valence-corrected chi connectivity index (χ2v) is 4.33. The van der Waals surface area contributed by atoms with Gasteiger partial charge < -0.3 is 11.1 Å². The maximum Gasteiger partial charge on any atom is 0.224 e. The minimum atomic E-state index is 0.0151. The van der Waals surface area contributed by atoms with Crippen LogP contribution in [0.15, 0.2) is 42.7 Å². The molecular weight excluding hydrogens is 240 g/mol. The maximum atomic E-state index is 11.8. The van der Waals surface area contributed by atoms with E-state index in [4.69, 9.17) is 5.73 Å². The summed E-state index contributed by atoms with van der Waals surface area (Å²) in [4.78, 5) is 11.8. The molecule has 5 nitrogen and oxygen atoms in total. The van der Waals surface area contributed by atoms with Crippen LogP contribution in [-0.4, -0.2) is 15.7 Å². The van der Waals surface area contributed by atoms with Gasteiger partial charge in [0.15, 0.2) is 0 Å². The van der Waals surface area contributed by atoms with E-state index < -0.39 is 0 Å². The maximum absolute atomic E-state index is 11.8. The number of aryl methyl sites for hydroxylation is 1. The Bertz CT molecular complexity index is 522. The third-order valence-electron chi connectivity index (χ3n) is 2.80. The normalized spacial score (nSPS) is 10.4. The zero-order chi connectivity index (χ0) is 13.5. The van der Waals surface area contributed by atoms with Crippen molar-refractivity contribution >= 4 is 11.6 Å². The second-order valence-electron chi connectivity index (χ2n) is 4.33. The number of hydrogen-bond acceptors (Lipinski definition) is 3. The molecule has 0 aliphatic rings. The van der Waals surface area contributed by atoms with Gasteiger partial charge in [-0.25, -0.2) is 0 Å². The highest BCUT2D eigenvalue weighted by molar-refractivity contribution is 5.90. The van der Waals surface area contributed by atoms with Gasteiger partial charge in [0.2, 0.25) is 5.91 Å². The van der Waals surface area contributed by atoms with Crippen molar-refractivity contribution in [3.05, 3.63) is 48.3 Å². The molecule has 100 valence electrons. The molecule has 0 bridgehead atoms. The highest BCUT2D eigenvalue weighted by Gasteiger charge is 2.03. The molecule has 0 radical (unpaired) electrons. The van der Waals surface area contributed by atoms with Crippen LogP contribution in [0.3, 0.4) is 0 Å². The number of amides is 1. The molecule has 5 heteroatoms. The average molecular weight is 258 g/mol. The zero-order valence-electron chi connectivity index (χ0n) is 10.7. The van der Waals surface area contributed by atoms with Gasteiger partial charge in [-0.2, -0.15) is 5.10 Å². The molecule has 1 aromatic carbocycles. The van der Waals surface area contributed by atoms with Crippen molar-refractivity contribution in [3.63, 3.8) is 0 Å². The lowest BCUT2D eigenvalue weighted by Gasteiger charge is -2.06. The second kappa shape index (κ2) is 6.70. The molecule has 0 fully saturated rings. The minimum absolute atomic E-state index is 0.0151. The van der Waals surface area contributed by atoms with E-state index in [0.29, 0.717) is 13.0 Å². The van der Waals surface area contributed by atoms with E-state index in [1.165, 1.54) is 0 Å². The van der Waals surface area contributed by atoms with E-state index in [-0.39, 0.29) is 5.91 Å². The smallest absolute Gasteiger partial charge is 0.224 e. The summed E-state index contributed by atoms with van der Waals surface area (Å²) in [6.45, 7) is 1.23. The molecule has 1 aromatic heterocycles. The van der Waals surface area contributed by atoms with Crippen LogP contribution in [-0.2, 0) is 17.9 Å². The van der Waals surface area contributed by atoms with Crippen molar-refractivity contribution in [3.8, 4) is 0 Å². The molecule has 0 saturated carbocycles. The standard InChI is InChI=1S/C14H18N4O/c15-11-12-4-1-5-13(10-12)17-14(19)6-2-8-18-9-3-7-16-18/h1,3-5,7,9-10H,2,6,8,11,15H2,(H,17,19). The fourth-order valence-corrected chi connectivity index (χ4v) is 1.83. The number of carbonyl (C=O) groups is 1. The number of rotatable bonds is 6. The number of nitrogens with one attached hydrogen (secondary N) is 1. The van der Waals surface area contributed by atoms with Crippen LogP contribution in [0, 0.1) is 0 Å². The SMILES string of the molecule is NCc1cccc(NC(=O)CCCn2cccn2)c1. The highest BCUT2D eigenvalue weighted by atomic mass is 16.1. The van der Waals surface area contributed by atoms with Gasteiger partial charge in [0.25, 0.3) is 0 Å². The molecule has 0 aliphatic heterocycles. The first-order chi connectivity index (χ1) is 9.28. The van der Waals surface area contributed by atoms with E-state index in [9.17, 15) is 4.79 Å². The molecule has 1 amide bonds. The number of hydrogen-bond donors (Lipinski definition) is 2. The number of carbonyl (C=O) groups excluding carboxylic acids is 1. The van der Waals surface area contributed by atoms with E-state index in [2.05, 4.69) is 10.4 Å². The van der Waals surface area contributed by atoms with Crippen molar-refractivity contribution < 1.29 is 4.79 Å². The van der Waals surface area contributed by atoms with Crippen LogP contribution in [0.2, 0.25) is 0 Å². The first-order valence-corrected chi connectivity index (χ1v) is 6.34. The summed E-state index contributed by atoms with van der Waals surface area (Å²) in [6, 6.07) is 9.46. The predicted molar refractivity (Wildman–Crippen MR) is 74.4 cm³/mol. The van der Waals surface area contributed by atoms with Crippen LogP contribution >= 0.6 is 0 Å². The molecule has 2 rings (SSSR count). The zero-order valence-corrected chi connectivity index (χ0v) is 10.7. The van der Waals surface area contributed by atoms with Gasteiger partial charge in [-0.3, -0.25) is 9.48 Å². The van der Waals surface area contributed by atoms with Gasteiger partial charge in [0.1, 0.15) is 0 Å². The number of nitrogens with two attached hydrogens (primary N) is 1. The quantitative estimate of drug-likeness (QED) is 0.829. The number of nitrogens with zero attached hydrogens (tertiary/aromatic N) is 2. The molecule has 0 unspecified atom stereocenters. The first-order valence-electron chi connectivity index (χ1n) is 6.34. The van der Waals surface area contributed by atoms with E-state index in [1.54, 1.807) is 6.20 Å². The van der Waals surface area contributed by atoms with Crippen LogP contribution in [0.4, 0.5) is 5.69 Å². The van der Waals surface area contributed by atoms with Gasteiger partial charge in [0.05, 0.1) is 0 Å². The number of benzene rings is 1. The van der Waals surface area contributed by atoms with Crippen LogP contribution in [0.5, 0.6) is 0 Å². The Balaban J connectivity index is 1.77. The Hall–Kier alpha value is -2.14. The number of anilines is 1. The fraction of sp³-hybridized carbons (Fsp3) is 0.286. The Morgan fingerprint density at radius 2 is 2.26 bits per heavy atom. The lowest BCUT2D eigenvalue weighted by atomic mass is 10.2. The van der Waals surface area contributed by atoms with Crippen LogP contribution in [0.1, 0.15) is 18.4 Å². The Kier molecular flexibility index (Phi) is 4.69. The van der Waals surface area contributed by atoms with Gasteiger partial charge >= 0.3 is 0 Å². The Morgan fingerprint density at radius 1 is 1.37 bits per heavy atom. The average Bonchev–Trinajstić information content (AvgIpc) is 2.92. The Labute approximate surface area is 112 Å². The topological polar surface area (TPSA) is 72.9 Å². The molecule has 3 N–H and O–H groups in total. The summed E-state index contributed by atoms with van der Waals surface area (Å²) >= 11 is 0. The molecule has 0 saturated heterocycles. The lowest BCUT2D eigenvalue weighted by Crippen LogP contribution is -2.13. The molecule has 0 aliphatic carbocycles. The van der Waals surface area contributed by atoms with E-state index in [0.717, 1.165) is 24.2 Å². The number of aromatic nitrogens is 2. The monoisotopic (exact) mass is 258 g/mol. The predicted octanol–water partition coefficient (Wildman–Crippen LogP) is 1.76. The summed E-state index contributed by atoms with van der Waals surface area (Å²) in [7, 11) is 0. The van der Waals surface area contributed by atoms with E-state index in [1.807, 2.05) is 41.2 Å². The highest BCUT2D eigenvalue weighted by Crippen LogP contribution is 2.10. The fourth-order valence-electron chi connectivity index (χ4n) is 1.83. The summed E-state index contributed by atoms with van der Waals surface area (Å²) in [6.07, 6.45) is 4.87. The molecular formula is C14H18N4O. The summed E-state index contributed by atoms with van der Waals surface area (Å²) in [5.74, 6) is 0.0151. The van der Waals surface area contributed by atoms with Gasteiger partial charge in [0, 0.05) is 37.6 Å². The van der Waals surface area contributed by atoms with Crippen molar-refractivity contribution in [2.75, 3.05) is 5.32 Å². The third kappa shape index (κ3) is 4.22. The van der Waals surface area contributed by atoms with Gasteiger partial charge in [-0.1, -0.05) is 12.1 Å². The largest absolute Gasteiger partial charge is 0.326 e. The Morgan fingerprint density at radius 3 is 3.00 bits per heavy atom. The van der Waals surface area contributed by atoms with Crippen molar-refractivity contribution in [1.29, 1.82) is 0 Å². The summed E-state index contributed by atoms with van der Waals surface area (Å²) < 4.78 is 1.82. The van der Waals surface area contributed by atoms with Crippen LogP contribution < -0.4 is 11.1 Å². The minimum Gasteiger partial charge on any atom is -0.326 e. The van der Waals surface area contributed by atoms with Crippen LogP contribution in [0.25, 0.3) is 0 Å². The van der Waals surface area contributed by atoms with Crippen molar-refractivity contribution in [1.82, 2.24) is 9.78 Å². The van der Waals surface area contributed by atoms with Crippen molar-refractivity contribution in [2.45, 2.75) is 25.9 Å². The summed E-state index contributed by atoms with van der Waals surface area (Å²) in [5.41, 5.74) is 7.37. The van der Waals surface area contributed by atoms with Gasteiger partial charge in [-0.05, 0) is 30.2 Å². The van der Waals surface area contributed by atoms with E-state index >= 15 is 0 Å². The summed E-state index contributed by atoms with van der Waals surface area (Å²) in [5, 5.41) is 6.96. The first kappa shape index (κ1) is 13.3. The molecule has 2 aromatic rings. The molecule has 0 spiro atoms. The molecule has 19 heavy (non-hydrogen) atoms. The van der Waals surface area contributed by atoms with Gasteiger partial charge in [-0.15, -0.1) is 0 Å². The lowest BCUT2D eigenvalue weighted by molar-refractivity contribution is -0.116.